The van der Waals surface area contributed by atoms with Gasteiger partial charge in [-0.1, -0.05) is 33.2 Å². The molecule has 0 radical (unpaired) electrons. The van der Waals surface area contributed by atoms with Crippen LogP contribution in [0, 0.1) is 0 Å². The van der Waals surface area contributed by atoms with E-state index in [9.17, 15) is 9.90 Å². The summed E-state index contributed by atoms with van der Waals surface area (Å²) in [5.41, 5.74) is 1.77. The zero-order valence-corrected chi connectivity index (χ0v) is 13.6. The van der Waals surface area contributed by atoms with Gasteiger partial charge < -0.3 is 9.63 Å². The van der Waals surface area contributed by atoms with Crippen LogP contribution in [0.25, 0.3) is 0 Å². The zero-order chi connectivity index (χ0) is 15.5. The van der Waals surface area contributed by atoms with E-state index in [4.69, 9.17) is 4.52 Å². The summed E-state index contributed by atoms with van der Waals surface area (Å²) < 4.78 is 5.80. The molecule has 1 unspecified atom stereocenters. The number of hydrogen-bond donors (Lipinski definition) is 1. The molecular weight excluding hydrogens is 348 g/mol. The van der Waals surface area contributed by atoms with Crippen molar-refractivity contribution in [3.8, 4) is 0 Å². The minimum Gasteiger partial charge on any atom is -0.480 e. The van der Waals surface area contributed by atoms with E-state index in [1.165, 1.54) is 0 Å². The molecule has 5 nitrogen and oxygen atoms in total. The Balaban J connectivity index is 1.73. The first kappa shape index (κ1) is 15.2. The van der Waals surface area contributed by atoms with Crippen LogP contribution in [0.1, 0.15) is 36.1 Å². The molecule has 0 amide bonds. The fourth-order valence-corrected chi connectivity index (χ4v) is 3.49. The standard InChI is InChI=1S/C16H17BrN2O3/c17-13-3-1-2-12(10-13)15(16(20)21)19-7-4-11(5-8-19)14-6-9-22-18-14/h1-3,6,9-11,15H,4-5,7-8H2,(H,20,21). The van der Waals surface area contributed by atoms with Crippen LogP contribution in [-0.4, -0.2) is 34.2 Å². The minimum atomic E-state index is -0.807. The van der Waals surface area contributed by atoms with Gasteiger partial charge >= 0.3 is 5.97 Å². The number of carbonyl (C=O) groups is 1. The van der Waals surface area contributed by atoms with E-state index < -0.39 is 12.0 Å². The molecule has 0 spiro atoms. The Hall–Kier alpha value is -1.66. The first-order valence-corrected chi connectivity index (χ1v) is 8.07. The third-order valence-electron chi connectivity index (χ3n) is 4.17. The summed E-state index contributed by atoms with van der Waals surface area (Å²) >= 11 is 3.41. The van der Waals surface area contributed by atoms with Gasteiger partial charge in [-0.25, -0.2) is 0 Å². The van der Waals surface area contributed by atoms with E-state index in [-0.39, 0.29) is 0 Å². The van der Waals surface area contributed by atoms with Crippen LogP contribution in [0.5, 0.6) is 0 Å². The normalized spacial score (nSPS) is 18.2. The number of carboxylic acid groups (broad SMARTS) is 1. The monoisotopic (exact) mass is 364 g/mol. The first-order chi connectivity index (χ1) is 10.6. The van der Waals surface area contributed by atoms with Gasteiger partial charge in [-0.3, -0.25) is 9.69 Å². The van der Waals surface area contributed by atoms with Crippen LogP contribution >= 0.6 is 15.9 Å². The van der Waals surface area contributed by atoms with Gasteiger partial charge in [0.25, 0.3) is 0 Å². The number of nitrogens with zero attached hydrogens (tertiary/aromatic N) is 2. The van der Waals surface area contributed by atoms with Crippen molar-refractivity contribution in [3.05, 3.63) is 52.3 Å². The van der Waals surface area contributed by atoms with Crippen LogP contribution in [0.15, 0.2) is 45.6 Å². The molecule has 6 heteroatoms. The molecule has 0 saturated carbocycles. The molecule has 1 aliphatic rings. The van der Waals surface area contributed by atoms with E-state index in [2.05, 4.69) is 21.1 Å². The van der Waals surface area contributed by atoms with Crippen molar-refractivity contribution in [1.82, 2.24) is 10.1 Å². The summed E-state index contributed by atoms with van der Waals surface area (Å²) in [6.45, 7) is 1.47. The minimum absolute atomic E-state index is 0.354. The fraction of sp³-hybridized carbons (Fsp3) is 0.375. The number of aliphatic carboxylic acids is 1. The Bertz CT molecular complexity index is 637. The topological polar surface area (TPSA) is 66.6 Å². The van der Waals surface area contributed by atoms with Crippen molar-refractivity contribution in [3.63, 3.8) is 0 Å². The molecule has 1 aromatic carbocycles. The summed E-state index contributed by atoms with van der Waals surface area (Å²) in [6, 6.07) is 8.81. The molecule has 3 rings (SSSR count). The largest absolute Gasteiger partial charge is 0.480 e. The molecule has 0 aliphatic carbocycles. The molecule has 1 fully saturated rings. The van der Waals surface area contributed by atoms with Crippen LogP contribution < -0.4 is 0 Å². The molecule has 1 N–H and O–H groups in total. The van der Waals surface area contributed by atoms with E-state index in [1.807, 2.05) is 35.2 Å². The van der Waals surface area contributed by atoms with Crippen LogP contribution in [0.2, 0.25) is 0 Å². The lowest BCUT2D eigenvalue weighted by Gasteiger charge is -2.35. The maximum Gasteiger partial charge on any atom is 0.325 e. The van der Waals surface area contributed by atoms with Gasteiger partial charge in [0.1, 0.15) is 12.3 Å². The molecule has 1 saturated heterocycles. The number of benzene rings is 1. The van der Waals surface area contributed by atoms with Gasteiger partial charge in [0.2, 0.25) is 0 Å². The highest BCUT2D eigenvalue weighted by molar-refractivity contribution is 9.10. The summed E-state index contributed by atoms with van der Waals surface area (Å²) in [6.07, 6.45) is 3.37. The van der Waals surface area contributed by atoms with E-state index >= 15 is 0 Å². The van der Waals surface area contributed by atoms with E-state index in [0.717, 1.165) is 41.7 Å². The number of carboxylic acids is 1. The van der Waals surface area contributed by atoms with Gasteiger partial charge in [0.15, 0.2) is 0 Å². The third-order valence-corrected chi connectivity index (χ3v) is 4.66. The molecule has 22 heavy (non-hydrogen) atoms. The van der Waals surface area contributed by atoms with Gasteiger partial charge in [-0.2, -0.15) is 0 Å². The van der Waals surface area contributed by atoms with E-state index in [0.29, 0.717) is 5.92 Å². The molecular formula is C16H17BrN2O3. The van der Waals surface area contributed by atoms with Gasteiger partial charge in [-0.15, -0.1) is 0 Å². The number of hydrogen-bond acceptors (Lipinski definition) is 4. The molecule has 1 aliphatic heterocycles. The quantitative estimate of drug-likeness (QED) is 0.899. The number of aromatic nitrogens is 1. The lowest BCUT2D eigenvalue weighted by molar-refractivity contribution is -0.144. The second-order valence-electron chi connectivity index (χ2n) is 5.53. The molecule has 1 atom stereocenters. The Morgan fingerprint density at radius 3 is 2.73 bits per heavy atom. The maximum atomic E-state index is 11.7. The summed E-state index contributed by atoms with van der Waals surface area (Å²) in [5.74, 6) is -0.454. The average molecular weight is 365 g/mol. The Morgan fingerprint density at radius 2 is 2.14 bits per heavy atom. The highest BCUT2D eigenvalue weighted by atomic mass is 79.9. The van der Waals surface area contributed by atoms with Crippen molar-refractivity contribution >= 4 is 21.9 Å². The predicted molar refractivity (Wildman–Crippen MR) is 84.6 cm³/mol. The van der Waals surface area contributed by atoms with Crippen molar-refractivity contribution in [1.29, 1.82) is 0 Å². The lowest BCUT2D eigenvalue weighted by Crippen LogP contribution is -2.39. The fourth-order valence-electron chi connectivity index (χ4n) is 3.07. The highest BCUT2D eigenvalue weighted by Crippen LogP contribution is 2.32. The number of halogens is 1. The molecule has 2 aromatic rings. The second-order valence-corrected chi connectivity index (χ2v) is 6.45. The Labute approximate surface area is 137 Å². The summed E-state index contributed by atoms with van der Waals surface area (Å²) in [5, 5.41) is 13.6. The summed E-state index contributed by atoms with van der Waals surface area (Å²) in [7, 11) is 0. The SMILES string of the molecule is O=C(O)C(c1cccc(Br)c1)N1CCC(c2ccon2)CC1. The number of rotatable bonds is 4. The molecule has 0 bridgehead atoms. The van der Waals surface area contributed by atoms with Crippen LogP contribution in [0.4, 0.5) is 0 Å². The van der Waals surface area contributed by atoms with Crippen LogP contribution in [0.3, 0.4) is 0 Å². The zero-order valence-electron chi connectivity index (χ0n) is 12.0. The van der Waals surface area contributed by atoms with Gasteiger partial charge in [-0.05, 0) is 43.6 Å². The van der Waals surface area contributed by atoms with Crippen molar-refractivity contribution < 1.29 is 14.4 Å². The van der Waals surface area contributed by atoms with E-state index in [1.54, 1.807) is 6.26 Å². The molecule has 1 aromatic heterocycles. The van der Waals surface area contributed by atoms with Crippen molar-refractivity contribution in [2.24, 2.45) is 0 Å². The highest BCUT2D eigenvalue weighted by Gasteiger charge is 2.32. The van der Waals surface area contributed by atoms with Crippen molar-refractivity contribution in [2.45, 2.75) is 24.8 Å². The number of piperidine rings is 1. The third kappa shape index (κ3) is 3.23. The maximum absolute atomic E-state index is 11.7. The van der Waals surface area contributed by atoms with Gasteiger partial charge in [0.05, 0.1) is 5.69 Å². The Kier molecular flexibility index (Phi) is 4.59. The molecule has 116 valence electrons. The smallest absolute Gasteiger partial charge is 0.325 e. The summed E-state index contributed by atoms with van der Waals surface area (Å²) in [4.78, 5) is 13.8. The Morgan fingerprint density at radius 1 is 1.36 bits per heavy atom. The van der Waals surface area contributed by atoms with Crippen LogP contribution in [-0.2, 0) is 4.79 Å². The van der Waals surface area contributed by atoms with Crippen molar-refractivity contribution in [2.75, 3.05) is 13.1 Å². The second kappa shape index (κ2) is 6.62. The van der Waals surface area contributed by atoms with Gasteiger partial charge in [0, 0.05) is 16.5 Å². The number of likely N-dealkylation sites (tertiary alicyclic amines) is 1. The molecule has 2 heterocycles. The first-order valence-electron chi connectivity index (χ1n) is 7.28. The average Bonchev–Trinajstić information content (AvgIpc) is 3.02. The predicted octanol–water partition coefficient (Wildman–Crippen LogP) is 3.44. The lowest BCUT2D eigenvalue weighted by atomic mass is 9.92.